The summed E-state index contributed by atoms with van der Waals surface area (Å²) in [6.07, 6.45) is 1.55. The van der Waals surface area contributed by atoms with Crippen molar-refractivity contribution in [1.29, 1.82) is 0 Å². The summed E-state index contributed by atoms with van der Waals surface area (Å²) in [5.74, 6) is -0.135. The summed E-state index contributed by atoms with van der Waals surface area (Å²) in [5.41, 5.74) is 0.353. The molecular formula is C16H23BrN2O2. The number of likely N-dealkylation sites (tertiary alicyclic amines) is 1. The van der Waals surface area contributed by atoms with Crippen LogP contribution in [-0.2, 0) is 9.53 Å². The van der Waals surface area contributed by atoms with E-state index >= 15 is 0 Å². The summed E-state index contributed by atoms with van der Waals surface area (Å²) in [6.45, 7) is 7.28. The van der Waals surface area contributed by atoms with Gasteiger partial charge in [-0.3, -0.25) is 0 Å². The van der Waals surface area contributed by atoms with Gasteiger partial charge in [-0.15, -0.1) is 0 Å². The molecule has 116 valence electrons. The number of piperidine rings is 1. The molecule has 4 nitrogen and oxygen atoms in total. The maximum absolute atomic E-state index is 12.5. The van der Waals surface area contributed by atoms with Crippen molar-refractivity contribution < 1.29 is 9.53 Å². The van der Waals surface area contributed by atoms with Gasteiger partial charge in [0.05, 0.1) is 6.61 Å². The van der Waals surface area contributed by atoms with E-state index in [1.165, 1.54) is 0 Å². The molecule has 0 aromatic heterocycles. The van der Waals surface area contributed by atoms with Gasteiger partial charge in [0.25, 0.3) is 0 Å². The van der Waals surface area contributed by atoms with Crippen LogP contribution >= 0.6 is 15.9 Å². The number of nitrogens with one attached hydrogen (secondary N) is 1. The van der Waals surface area contributed by atoms with E-state index < -0.39 is 5.54 Å². The molecule has 1 aromatic rings. The molecule has 0 radical (unpaired) electrons. The van der Waals surface area contributed by atoms with E-state index in [9.17, 15) is 4.79 Å². The fraction of sp³-hybridized carbons (Fsp3) is 0.562. The van der Waals surface area contributed by atoms with Gasteiger partial charge in [0.15, 0.2) is 0 Å². The highest BCUT2D eigenvalue weighted by molar-refractivity contribution is 9.10. The maximum Gasteiger partial charge on any atom is 0.331 e. The highest BCUT2D eigenvalue weighted by Crippen LogP contribution is 2.29. The first-order valence-electron chi connectivity index (χ1n) is 7.53. The van der Waals surface area contributed by atoms with Crippen molar-refractivity contribution in [2.75, 3.05) is 31.6 Å². The predicted molar refractivity (Wildman–Crippen MR) is 88.5 cm³/mol. The highest BCUT2D eigenvalue weighted by atomic mass is 79.9. The zero-order chi connectivity index (χ0) is 15.3. The normalized spacial score (nSPS) is 18.2. The zero-order valence-electron chi connectivity index (χ0n) is 12.7. The lowest BCUT2D eigenvalue weighted by atomic mass is 9.87. The fourth-order valence-corrected chi connectivity index (χ4v) is 2.97. The van der Waals surface area contributed by atoms with Crippen molar-refractivity contribution in [3.63, 3.8) is 0 Å². The van der Waals surface area contributed by atoms with Gasteiger partial charge in [-0.25, -0.2) is 4.79 Å². The SMILES string of the molecule is CCOC(=O)C1(Nc2ccc(Br)cc2)CCN(CC)CC1. The average Bonchev–Trinajstić information content (AvgIpc) is 2.50. The highest BCUT2D eigenvalue weighted by Gasteiger charge is 2.42. The summed E-state index contributed by atoms with van der Waals surface area (Å²) in [6, 6.07) is 7.92. The maximum atomic E-state index is 12.5. The quantitative estimate of drug-likeness (QED) is 0.823. The zero-order valence-corrected chi connectivity index (χ0v) is 14.3. The van der Waals surface area contributed by atoms with Crippen LogP contribution in [0.3, 0.4) is 0 Å². The number of ether oxygens (including phenoxy) is 1. The summed E-state index contributed by atoms with van der Waals surface area (Å²) in [5, 5.41) is 3.43. The van der Waals surface area contributed by atoms with Gasteiger partial charge >= 0.3 is 5.97 Å². The molecular weight excluding hydrogens is 332 g/mol. The van der Waals surface area contributed by atoms with Crippen LogP contribution in [0.2, 0.25) is 0 Å². The molecule has 5 heteroatoms. The molecule has 1 aliphatic rings. The molecule has 0 aliphatic carbocycles. The van der Waals surface area contributed by atoms with Crippen LogP contribution in [0.4, 0.5) is 5.69 Å². The summed E-state index contributed by atoms with van der Waals surface area (Å²) in [7, 11) is 0. The van der Waals surface area contributed by atoms with E-state index in [1.54, 1.807) is 0 Å². The van der Waals surface area contributed by atoms with Gasteiger partial charge in [0.1, 0.15) is 5.54 Å². The Morgan fingerprint density at radius 3 is 2.43 bits per heavy atom. The Morgan fingerprint density at radius 2 is 1.90 bits per heavy atom. The number of rotatable bonds is 5. The first-order chi connectivity index (χ1) is 10.1. The van der Waals surface area contributed by atoms with Crippen molar-refractivity contribution >= 4 is 27.6 Å². The molecule has 1 fully saturated rings. The van der Waals surface area contributed by atoms with E-state index in [1.807, 2.05) is 31.2 Å². The van der Waals surface area contributed by atoms with Gasteiger partial charge in [-0.2, -0.15) is 0 Å². The number of nitrogens with zero attached hydrogens (tertiary/aromatic N) is 1. The molecule has 0 atom stereocenters. The number of halogens is 1. The van der Waals surface area contributed by atoms with Gasteiger partial charge in [-0.05, 0) is 50.6 Å². The molecule has 0 bridgehead atoms. The topological polar surface area (TPSA) is 41.6 Å². The molecule has 1 heterocycles. The third kappa shape index (κ3) is 3.98. The fourth-order valence-electron chi connectivity index (χ4n) is 2.71. The third-order valence-electron chi connectivity index (χ3n) is 4.05. The summed E-state index contributed by atoms with van der Waals surface area (Å²) >= 11 is 3.43. The Hall–Kier alpha value is -1.07. The monoisotopic (exact) mass is 354 g/mol. The van der Waals surface area contributed by atoms with E-state index in [0.717, 1.165) is 42.6 Å². The van der Waals surface area contributed by atoms with Crippen molar-refractivity contribution in [1.82, 2.24) is 4.90 Å². The van der Waals surface area contributed by atoms with Crippen LogP contribution in [0.1, 0.15) is 26.7 Å². The number of carbonyl (C=O) groups excluding carboxylic acids is 1. The van der Waals surface area contributed by atoms with Crippen LogP contribution in [0.15, 0.2) is 28.7 Å². The molecule has 2 rings (SSSR count). The number of carbonyl (C=O) groups is 1. The Labute approximate surface area is 135 Å². The van der Waals surface area contributed by atoms with Gasteiger partial charge in [0.2, 0.25) is 0 Å². The molecule has 1 aliphatic heterocycles. The lowest BCUT2D eigenvalue weighted by Gasteiger charge is -2.40. The molecule has 0 saturated carbocycles. The molecule has 1 aromatic carbocycles. The largest absolute Gasteiger partial charge is 0.464 e. The summed E-state index contributed by atoms with van der Waals surface area (Å²) < 4.78 is 6.35. The number of benzene rings is 1. The predicted octanol–water partition coefficient (Wildman–Crippen LogP) is 3.28. The van der Waals surface area contributed by atoms with Crippen LogP contribution in [0.25, 0.3) is 0 Å². The van der Waals surface area contributed by atoms with Gasteiger partial charge in [-0.1, -0.05) is 22.9 Å². The second-order valence-corrected chi connectivity index (χ2v) is 6.28. The molecule has 1 N–H and O–H groups in total. The Morgan fingerprint density at radius 1 is 1.29 bits per heavy atom. The molecule has 21 heavy (non-hydrogen) atoms. The number of esters is 1. The Bertz CT molecular complexity index is 468. The van der Waals surface area contributed by atoms with Crippen molar-refractivity contribution in [2.24, 2.45) is 0 Å². The number of anilines is 1. The lowest BCUT2D eigenvalue weighted by molar-refractivity contribution is -0.150. The van der Waals surface area contributed by atoms with Gasteiger partial charge in [0, 0.05) is 23.2 Å². The molecule has 0 unspecified atom stereocenters. The number of hydrogen-bond donors (Lipinski definition) is 1. The molecule has 0 amide bonds. The molecule has 1 saturated heterocycles. The smallest absolute Gasteiger partial charge is 0.331 e. The minimum Gasteiger partial charge on any atom is -0.464 e. The Balaban J connectivity index is 2.16. The standard InChI is InChI=1S/C16H23BrN2O2/c1-3-19-11-9-16(10-12-19,15(20)21-4-2)18-14-7-5-13(17)6-8-14/h5-8,18H,3-4,9-12H2,1-2H3. The number of hydrogen-bond acceptors (Lipinski definition) is 4. The van der Waals surface area contributed by atoms with Crippen LogP contribution in [0, 0.1) is 0 Å². The first kappa shape index (κ1) is 16.3. The minimum atomic E-state index is -0.602. The van der Waals surface area contributed by atoms with Crippen molar-refractivity contribution in [3.05, 3.63) is 28.7 Å². The Kier molecular flexibility index (Phi) is 5.65. The van der Waals surface area contributed by atoms with E-state index in [2.05, 4.69) is 33.1 Å². The first-order valence-corrected chi connectivity index (χ1v) is 8.32. The van der Waals surface area contributed by atoms with E-state index in [4.69, 9.17) is 4.74 Å². The van der Waals surface area contributed by atoms with Crippen LogP contribution < -0.4 is 5.32 Å². The van der Waals surface area contributed by atoms with E-state index in [0.29, 0.717) is 6.61 Å². The second kappa shape index (κ2) is 7.27. The second-order valence-electron chi connectivity index (χ2n) is 5.37. The van der Waals surface area contributed by atoms with E-state index in [-0.39, 0.29) is 5.97 Å². The molecule has 0 spiro atoms. The lowest BCUT2D eigenvalue weighted by Crippen LogP contribution is -2.55. The van der Waals surface area contributed by atoms with Crippen LogP contribution in [-0.4, -0.2) is 42.6 Å². The third-order valence-corrected chi connectivity index (χ3v) is 4.58. The van der Waals surface area contributed by atoms with Crippen molar-refractivity contribution in [3.8, 4) is 0 Å². The van der Waals surface area contributed by atoms with Gasteiger partial charge < -0.3 is 15.0 Å². The van der Waals surface area contributed by atoms with Crippen LogP contribution in [0.5, 0.6) is 0 Å². The van der Waals surface area contributed by atoms with Crippen molar-refractivity contribution in [2.45, 2.75) is 32.2 Å². The minimum absolute atomic E-state index is 0.135. The summed E-state index contributed by atoms with van der Waals surface area (Å²) in [4.78, 5) is 14.8. The average molecular weight is 355 g/mol.